The van der Waals surface area contributed by atoms with Crippen molar-refractivity contribution in [1.82, 2.24) is 15.0 Å². The first-order valence-electron chi connectivity index (χ1n) is 4.98. The third-order valence-corrected chi connectivity index (χ3v) is 4.08. The van der Waals surface area contributed by atoms with E-state index >= 15 is 0 Å². The van der Waals surface area contributed by atoms with Gasteiger partial charge in [-0.2, -0.15) is 11.8 Å². The molecule has 1 aromatic rings. The van der Waals surface area contributed by atoms with Gasteiger partial charge in [0.15, 0.2) is 0 Å². The topological polar surface area (TPSA) is 56.7 Å². The Morgan fingerprint density at radius 3 is 3.21 bits per heavy atom. The minimum atomic E-state index is 0.235. The molecule has 0 bridgehead atoms. The molecule has 2 rings (SSSR count). The van der Waals surface area contributed by atoms with Crippen molar-refractivity contribution in [2.75, 3.05) is 5.75 Å². The lowest BCUT2D eigenvalue weighted by Crippen LogP contribution is -2.33. The third kappa shape index (κ3) is 2.27. The number of hydrogen-bond donors (Lipinski definition) is 1. The average molecular weight is 212 g/mol. The maximum Gasteiger partial charge on any atom is 0.0842 e. The molecule has 0 radical (unpaired) electrons. The second kappa shape index (κ2) is 4.31. The number of aryl methyl sites for hydroxylation is 1. The second-order valence-corrected chi connectivity index (χ2v) is 5.15. The number of hydrogen-bond acceptors (Lipinski definition) is 4. The van der Waals surface area contributed by atoms with Crippen LogP contribution in [0, 0.1) is 0 Å². The summed E-state index contributed by atoms with van der Waals surface area (Å²) in [6.45, 7) is 0. The van der Waals surface area contributed by atoms with E-state index in [0.717, 1.165) is 12.1 Å². The molecule has 1 fully saturated rings. The average Bonchev–Trinajstić information content (AvgIpc) is 2.75. The molecule has 0 amide bonds. The predicted molar refractivity (Wildman–Crippen MR) is 58.2 cm³/mol. The molecule has 0 saturated carbocycles. The quantitative estimate of drug-likeness (QED) is 0.796. The van der Waals surface area contributed by atoms with Crippen molar-refractivity contribution >= 4 is 11.8 Å². The zero-order chi connectivity index (χ0) is 9.97. The summed E-state index contributed by atoms with van der Waals surface area (Å²) >= 11 is 2.00. The van der Waals surface area contributed by atoms with Gasteiger partial charge in [-0.1, -0.05) is 5.21 Å². The maximum atomic E-state index is 6.12. The minimum Gasteiger partial charge on any atom is -0.326 e. The summed E-state index contributed by atoms with van der Waals surface area (Å²) in [6.07, 6.45) is 5.36. The number of aromatic nitrogens is 3. The lowest BCUT2D eigenvalue weighted by Gasteiger charge is -2.16. The number of nitrogens with two attached hydrogens (primary N) is 1. The summed E-state index contributed by atoms with van der Waals surface area (Å²) in [5, 5.41) is 8.57. The highest BCUT2D eigenvalue weighted by Gasteiger charge is 2.23. The van der Waals surface area contributed by atoms with Gasteiger partial charge < -0.3 is 5.73 Å². The van der Waals surface area contributed by atoms with E-state index in [0.29, 0.717) is 5.25 Å². The molecule has 78 valence electrons. The maximum absolute atomic E-state index is 6.12. The molecule has 2 heterocycles. The van der Waals surface area contributed by atoms with Gasteiger partial charge in [-0.3, -0.25) is 4.68 Å². The van der Waals surface area contributed by atoms with Crippen molar-refractivity contribution in [3.05, 3.63) is 11.9 Å². The Balaban J connectivity index is 1.90. The number of thioether (sulfide) groups is 1. The monoisotopic (exact) mass is 212 g/mol. The molecule has 2 atom stereocenters. The van der Waals surface area contributed by atoms with Crippen molar-refractivity contribution in [2.45, 2.75) is 30.6 Å². The molecule has 5 heteroatoms. The Kier molecular flexibility index (Phi) is 3.08. The van der Waals surface area contributed by atoms with Crippen LogP contribution in [0.1, 0.15) is 18.5 Å². The third-order valence-electron chi connectivity index (χ3n) is 2.54. The largest absolute Gasteiger partial charge is 0.326 e. The Labute approximate surface area is 88.2 Å². The second-order valence-electron chi connectivity index (χ2n) is 3.80. The van der Waals surface area contributed by atoms with E-state index in [4.69, 9.17) is 5.73 Å². The first-order valence-corrected chi connectivity index (χ1v) is 6.03. The molecule has 1 aromatic heterocycles. The van der Waals surface area contributed by atoms with Gasteiger partial charge in [0.25, 0.3) is 0 Å². The van der Waals surface area contributed by atoms with Crippen molar-refractivity contribution in [2.24, 2.45) is 12.8 Å². The van der Waals surface area contributed by atoms with Crippen LogP contribution in [0.15, 0.2) is 6.20 Å². The molecule has 1 aliphatic heterocycles. The Morgan fingerprint density at radius 1 is 1.79 bits per heavy atom. The van der Waals surface area contributed by atoms with Crippen LogP contribution in [-0.2, 0) is 13.5 Å². The normalized spacial score (nSPS) is 24.0. The van der Waals surface area contributed by atoms with Crippen molar-refractivity contribution in [1.29, 1.82) is 0 Å². The van der Waals surface area contributed by atoms with E-state index in [2.05, 4.69) is 10.3 Å². The Morgan fingerprint density at radius 2 is 2.64 bits per heavy atom. The molecule has 2 N–H and O–H groups in total. The van der Waals surface area contributed by atoms with Gasteiger partial charge in [-0.25, -0.2) is 0 Å². The lowest BCUT2D eigenvalue weighted by atomic mass is 10.1. The summed E-state index contributed by atoms with van der Waals surface area (Å²) < 4.78 is 1.73. The number of rotatable bonds is 3. The zero-order valence-corrected chi connectivity index (χ0v) is 9.20. The van der Waals surface area contributed by atoms with Gasteiger partial charge in [0, 0.05) is 31.0 Å². The highest BCUT2D eigenvalue weighted by molar-refractivity contribution is 8.00. The van der Waals surface area contributed by atoms with E-state index in [-0.39, 0.29) is 6.04 Å². The standard InChI is InChI=1S/C9H16N4S/c1-13-6-7(11-12-13)5-8(10)9-3-2-4-14-9/h6,8-9H,2-5,10H2,1H3. The molecule has 1 aliphatic rings. The fourth-order valence-corrected chi connectivity index (χ4v) is 3.11. The summed E-state index contributed by atoms with van der Waals surface area (Å²) in [7, 11) is 1.88. The smallest absolute Gasteiger partial charge is 0.0842 e. The SMILES string of the molecule is Cn1cc(CC(N)C2CCCS2)nn1. The van der Waals surface area contributed by atoms with Crippen LogP contribution in [0.4, 0.5) is 0 Å². The first-order chi connectivity index (χ1) is 6.75. The molecule has 0 aromatic carbocycles. The summed E-state index contributed by atoms with van der Waals surface area (Å²) in [4.78, 5) is 0. The highest BCUT2D eigenvalue weighted by Crippen LogP contribution is 2.28. The molecule has 1 saturated heterocycles. The molecule has 4 nitrogen and oxygen atoms in total. The summed E-state index contributed by atoms with van der Waals surface area (Å²) in [5.41, 5.74) is 7.13. The van der Waals surface area contributed by atoms with Crippen LogP contribution in [-0.4, -0.2) is 32.0 Å². The molecule has 0 spiro atoms. The minimum absolute atomic E-state index is 0.235. The fraction of sp³-hybridized carbons (Fsp3) is 0.778. The van der Waals surface area contributed by atoms with Gasteiger partial charge in [0.05, 0.1) is 5.69 Å². The van der Waals surface area contributed by atoms with E-state index in [1.165, 1.54) is 18.6 Å². The molecular weight excluding hydrogens is 196 g/mol. The van der Waals surface area contributed by atoms with Crippen LogP contribution in [0.25, 0.3) is 0 Å². The van der Waals surface area contributed by atoms with Crippen molar-refractivity contribution < 1.29 is 0 Å². The van der Waals surface area contributed by atoms with Gasteiger partial charge >= 0.3 is 0 Å². The zero-order valence-electron chi connectivity index (χ0n) is 8.39. The lowest BCUT2D eigenvalue weighted by molar-refractivity contribution is 0.601. The molecular formula is C9H16N4S. The van der Waals surface area contributed by atoms with Crippen molar-refractivity contribution in [3.63, 3.8) is 0 Å². The summed E-state index contributed by atoms with van der Waals surface area (Å²) in [5.74, 6) is 1.26. The molecule has 2 unspecified atom stereocenters. The molecule has 14 heavy (non-hydrogen) atoms. The summed E-state index contributed by atoms with van der Waals surface area (Å²) in [6, 6.07) is 0.235. The van der Waals surface area contributed by atoms with Crippen LogP contribution >= 0.6 is 11.8 Å². The van der Waals surface area contributed by atoms with E-state index in [1.807, 2.05) is 25.0 Å². The Bertz CT molecular complexity index is 293. The van der Waals surface area contributed by atoms with Crippen molar-refractivity contribution in [3.8, 4) is 0 Å². The van der Waals surface area contributed by atoms with E-state index < -0.39 is 0 Å². The van der Waals surface area contributed by atoms with E-state index in [1.54, 1.807) is 4.68 Å². The van der Waals surface area contributed by atoms with E-state index in [9.17, 15) is 0 Å². The first kappa shape index (κ1) is 9.98. The highest BCUT2D eigenvalue weighted by atomic mass is 32.2. The Hall–Kier alpha value is -0.550. The fourth-order valence-electron chi connectivity index (χ4n) is 1.80. The van der Waals surface area contributed by atoms with Gasteiger partial charge in [-0.15, -0.1) is 5.10 Å². The van der Waals surface area contributed by atoms with Crippen LogP contribution in [0.3, 0.4) is 0 Å². The van der Waals surface area contributed by atoms with Gasteiger partial charge in [-0.05, 0) is 18.6 Å². The van der Waals surface area contributed by atoms with Gasteiger partial charge in [0.2, 0.25) is 0 Å². The van der Waals surface area contributed by atoms with Crippen LogP contribution < -0.4 is 5.73 Å². The molecule has 0 aliphatic carbocycles. The number of nitrogens with zero attached hydrogens (tertiary/aromatic N) is 3. The predicted octanol–water partition coefficient (Wildman–Crippen LogP) is 0.580. The van der Waals surface area contributed by atoms with Gasteiger partial charge in [0.1, 0.15) is 0 Å². The van der Waals surface area contributed by atoms with Crippen LogP contribution in [0.5, 0.6) is 0 Å². The van der Waals surface area contributed by atoms with Crippen LogP contribution in [0.2, 0.25) is 0 Å².